The molecule has 1 aliphatic heterocycles. The zero-order chi connectivity index (χ0) is 16.1. The third kappa shape index (κ3) is 3.51. The molecule has 0 aromatic heterocycles. The van der Waals surface area contributed by atoms with E-state index in [1.165, 1.54) is 6.08 Å². The number of carbonyl (C=O) groups is 1. The highest BCUT2D eigenvalue weighted by molar-refractivity contribution is 6.02. The lowest BCUT2D eigenvalue weighted by atomic mass is 10.0. The van der Waals surface area contributed by atoms with E-state index in [0.717, 1.165) is 31.6 Å². The first kappa shape index (κ1) is 16.2. The van der Waals surface area contributed by atoms with Gasteiger partial charge >= 0.3 is 0 Å². The van der Waals surface area contributed by atoms with Gasteiger partial charge in [-0.05, 0) is 32.0 Å². The maximum Gasteiger partial charge on any atom is 0.247 e. The molecular formula is C16H24N4O2. The molecule has 2 rings (SSSR count). The van der Waals surface area contributed by atoms with Crippen LogP contribution in [0, 0.1) is 0 Å². The summed E-state index contributed by atoms with van der Waals surface area (Å²) in [6.07, 6.45) is 3.35. The summed E-state index contributed by atoms with van der Waals surface area (Å²) in [4.78, 5) is 13.9. The topological polar surface area (TPSA) is 79.6 Å². The average molecular weight is 304 g/mol. The lowest BCUT2D eigenvalue weighted by Gasteiger charge is -2.34. The SMILES string of the molecule is C=CC(=O)Nc1cc(N)c(OC)cc1N1CCC(NC)CC1. The molecule has 6 nitrogen and oxygen atoms in total. The number of nitrogen functional groups attached to an aromatic ring is 1. The van der Waals surface area contributed by atoms with Crippen LogP contribution in [0.15, 0.2) is 24.8 Å². The molecule has 1 fully saturated rings. The Bertz CT molecular complexity index is 551. The molecular weight excluding hydrogens is 280 g/mol. The Hall–Kier alpha value is -2.21. The van der Waals surface area contributed by atoms with Gasteiger partial charge in [-0.3, -0.25) is 4.79 Å². The van der Waals surface area contributed by atoms with E-state index in [0.29, 0.717) is 23.2 Å². The predicted octanol–water partition coefficient (Wildman–Crippen LogP) is 1.59. The van der Waals surface area contributed by atoms with Crippen LogP contribution in [0.4, 0.5) is 17.1 Å². The standard InChI is InChI=1S/C16H24N4O2/c1-4-16(21)19-13-9-12(17)15(22-3)10-14(13)20-7-5-11(18-2)6-8-20/h4,9-11,18H,1,5-8,17H2,2-3H3,(H,19,21). The molecule has 0 atom stereocenters. The fourth-order valence-electron chi connectivity index (χ4n) is 2.72. The first-order chi connectivity index (χ1) is 10.6. The van der Waals surface area contributed by atoms with Crippen LogP contribution in [0.2, 0.25) is 0 Å². The van der Waals surface area contributed by atoms with Crippen molar-refractivity contribution in [3.63, 3.8) is 0 Å². The van der Waals surface area contributed by atoms with Gasteiger partial charge in [-0.25, -0.2) is 0 Å². The van der Waals surface area contributed by atoms with E-state index in [9.17, 15) is 4.79 Å². The van der Waals surface area contributed by atoms with Gasteiger partial charge in [-0.1, -0.05) is 6.58 Å². The molecule has 0 unspecified atom stereocenters. The van der Waals surface area contributed by atoms with Gasteiger partial charge in [0.25, 0.3) is 0 Å². The van der Waals surface area contributed by atoms with Crippen molar-refractivity contribution in [2.75, 3.05) is 43.2 Å². The lowest BCUT2D eigenvalue weighted by Crippen LogP contribution is -2.41. The Kier molecular flexibility index (Phi) is 5.27. The number of anilines is 3. The van der Waals surface area contributed by atoms with Gasteiger partial charge < -0.3 is 26.0 Å². The summed E-state index contributed by atoms with van der Waals surface area (Å²) in [6.45, 7) is 5.31. The predicted molar refractivity (Wildman–Crippen MR) is 90.5 cm³/mol. The molecule has 0 radical (unpaired) electrons. The van der Waals surface area contributed by atoms with Gasteiger partial charge in [0, 0.05) is 25.2 Å². The largest absolute Gasteiger partial charge is 0.495 e. The summed E-state index contributed by atoms with van der Waals surface area (Å²) in [6, 6.07) is 4.16. The first-order valence-corrected chi connectivity index (χ1v) is 7.42. The molecule has 0 aliphatic carbocycles. The monoisotopic (exact) mass is 304 g/mol. The van der Waals surface area contributed by atoms with E-state index >= 15 is 0 Å². The Morgan fingerprint density at radius 3 is 2.68 bits per heavy atom. The normalized spacial score (nSPS) is 15.5. The number of nitrogens with zero attached hydrogens (tertiary/aromatic N) is 1. The average Bonchev–Trinajstić information content (AvgIpc) is 2.55. The molecule has 120 valence electrons. The van der Waals surface area contributed by atoms with E-state index in [2.05, 4.69) is 22.1 Å². The second-order valence-electron chi connectivity index (χ2n) is 5.35. The first-order valence-electron chi connectivity index (χ1n) is 7.42. The highest BCUT2D eigenvalue weighted by atomic mass is 16.5. The van der Waals surface area contributed by atoms with Crippen LogP contribution in [0.3, 0.4) is 0 Å². The summed E-state index contributed by atoms with van der Waals surface area (Å²) in [7, 11) is 3.58. The van der Waals surface area contributed by atoms with Gasteiger partial charge in [-0.2, -0.15) is 0 Å². The number of carbonyl (C=O) groups excluding carboxylic acids is 1. The Morgan fingerprint density at radius 1 is 1.45 bits per heavy atom. The van der Waals surface area contributed by atoms with Crippen molar-refractivity contribution in [3.8, 4) is 5.75 Å². The van der Waals surface area contributed by atoms with Crippen LogP contribution in [-0.2, 0) is 4.79 Å². The van der Waals surface area contributed by atoms with E-state index in [1.54, 1.807) is 13.2 Å². The van der Waals surface area contributed by atoms with E-state index in [-0.39, 0.29) is 5.91 Å². The number of ether oxygens (including phenoxy) is 1. The highest BCUT2D eigenvalue weighted by Gasteiger charge is 2.21. The van der Waals surface area contributed by atoms with Crippen LogP contribution in [0.25, 0.3) is 0 Å². The molecule has 0 spiro atoms. The Balaban J connectivity index is 2.30. The summed E-state index contributed by atoms with van der Waals surface area (Å²) in [5.74, 6) is 0.360. The van der Waals surface area contributed by atoms with Crippen molar-refractivity contribution in [3.05, 3.63) is 24.8 Å². The summed E-state index contributed by atoms with van der Waals surface area (Å²) < 4.78 is 5.31. The molecule has 1 aliphatic rings. The Labute approximate surface area is 131 Å². The van der Waals surface area contributed by atoms with Gasteiger partial charge in [0.2, 0.25) is 5.91 Å². The minimum atomic E-state index is -0.254. The smallest absolute Gasteiger partial charge is 0.247 e. The summed E-state index contributed by atoms with van der Waals surface area (Å²) in [5, 5.41) is 6.13. The molecule has 0 saturated carbocycles. The number of hydrogen-bond acceptors (Lipinski definition) is 5. The Morgan fingerprint density at radius 2 is 2.14 bits per heavy atom. The number of methoxy groups -OCH3 is 1. The summed E-state index contributed by atoms with van der Waals surface area (Å²) >= 11 is 0. The molecule has 22 heavy (non-hydrogen) atoms. The number of rotatable bonds is 5. The summed E-state index contributed by atoms with van der Waals surface area (Å²) in [5.41, 5.74) is 8.07. The fourth-order valence-corrected chi connectivity index (χ4v) is 2.72. The maximum absolute atomic E-state index is 11.7. The van der Waals surface area contributed by atoms with E-state index < -0.39 is 0 Å². The zero-order valence-electron chi connectivity index (χ0n) is 13.2. The van der Waals surface area contributed by atoms with Crippen molar-refractivity contribution in [1.82, 2.24) is 5.32 Å². The minimum absolute atomic E-state index is 0.254. The van der Waals surface area contributed by atoms with Crippen molar-refractivity contribution < 1.29 is 9.53 Å². The number of hydrogen-bond donors (Lipinski definition) is 3. The van der Waals surface area contributed by atoms with Crippen LogP contribution >= 0.6 is 0 Å². The van der Waals surface area contributed by atoms with Crippen LogP contribution in [-0.4, -0.2) is 39.2 Å². The second kappa shape index (κ2) is 7.17. The molecule has 1 aromatic carbocycles. The van der Waals surface area contributed by atoms with E-state index in [1.807, 2.05) is 13.1 Å². The van der Waals surface area contributed by atoms with Crippen LogP contribution in [0.5, 0.6) is 5.75 Å². The number of piperidine rings is 1. The molecule has 6 heteroatoms. The number of nitrogens with one attached hydrogen (secondary N) is 2. The zero-order valence-corrected chi connectivity index (χ0v) is 13.2. The van der Waals surface area contributed by atoms with Crippen LogP contribution < -0.4 is 26.0 Å². The van der Waals surface area contributed by atoms with E-state index in [4.69, 9.17) is 10.5 Å². The molecule has 0 bridgehead atoms. The molecule has 1 heterocycles. The molecule has 1 amide bonds. The molecule has 1 aromatic rings. The highest BCUT2D eigenvalue weighted by Crippen LogP contribution is 2.36. The maximum atomic E-state index is 11.7. The van der Waals surface area contributed by atoms with Crippen molar-refractivity contribution in [2.45, 2.75) is 18.9 Å². The second-order valence-corrected chi connectivity index (χ2v) is 5.35. The van der Waals surface area contributed by atoms with Gasteiger partial charge in [-0.15, -0.1) is 0 Å². The number of amides is 1. The van der Waals surface area contributed by atoms with Gasteiger partial charge in [0.05, 0.1) is 24.2 Å². The van der Waals surface area contributed by atoms with Crippen LogP contribution in [0.1, 0.15) is 12.8 Å². The number of nitrogens with two attached hydrogens (primary N) is 1. The third-order valence-corrected chi connectivity index (χ3v) is 4.04. The quantitative estimate of drug-likeness (QED) is 0.569. The third-order valence-electron chi connectivity index (χ3n) is 4.04. The molecule has 1 saturated heterocycles. The van der Waals surface area contributed by atoms with Gasteiger partial charge in [0.15, 0.2) is 0 Å². The van der Waals surface area contributed by atoms with Crippen molar-refractivity contribution in [2.24, 2.45) is 0 Å². The van der Waals surface area contributed by atoms with Crippen molar-refractivity contribution in [1.29, 1.82) is 0 Å². The van der Waals surface area contributed by atoms with Gasteiger partial charge in [0.1, 0.15) is 5.75 Å². The fraction of sp³-hybridized carbons (Fsp3) is 0.438. The minimum Gasteiger partial charge on any atom is -0.495 e. The lowest BCUT2D eigenvalue weighted by molar-refractivity contribution is -0.111. The van der Waals surface area contributed by atoms with Crippen molar-refractivity contribution >= 4 is 23.0 Å². The number of benzene rings is 1. The molecule has 4 N–H and O–H groups in total.